The first-order chi connectivity index (χ1) is 11.3. The Labute approximate surface area is 145 Å². The largest absolute Gasteiger partial charge is 0.453 e. The summed E-state index contributed by atoms with van der Waals surface area (Å²) < 4.78 is 67.0. The molecule has 0 bridgehead atoms. The number of hydrogen-bond donors (Lipinski definition) is 0. The first kappa shape index (κ1) is 21.7. The maximum Gasteiger partial charge on any atom is 0.453 e. The smallest absolute Gasteiger partial charge is 0.444 e. The van der Waals surface area contributed by atoms with Crippen molar-refractivity contribution >= 4 is 6.09 Å². The molecule has 0 spiro atoms. The quantitative estimate of drug-likeness (QED) is 0.340. The van der Waals surface area contributed by atoms with Crippen LogP contribution in [-0.4, -0.2) is 41.3 Å². The molecule has 0 aromatic rings. The molecule has 0 aliphatic carbocycles. The molecule has 0 aromatic carbocycles. The zero-order valence-electron chi connectivity index (χ0n) is 14.8. The van der Waals surface area contributed by atoms with E-state index in [9.17, 15) is 26.7 Å². The first-order valence-corrected chi connectivity index (χ1v) is 8.44. The molecule has 1 fully saturated rings. The molecule has 0 unspecified atom stereocenters. The topological polar surface area (TPSA) is 29.5 Å². The molecule has 3 nitrogen and oxygen atoms in total. The van der Waals surface area contributed by atoms with E-state index in [1.165, 1.54) is 0 Å². The molecule has 0 aromatic heterocycles. The van der Waals surface area contributed by atoms with E-state index in [0.717, 1.165) is 12.8 Å². The number of halogens is 5. The molecular weight excluding hydrogens is 345 g/mol. The van der Waals surface area contributed by atoms with Gasteiger partial charge in [0.05, 0.1) is 6.04 Å². The minimum Gasteiger partial charge on any atom is -0.444 e. The van der Waals surface area contributed by atoms with Gasteiger partial charge in [0.2, 0.25) is 0 Å². The highest BCUT2D eigenvalue weighted by molar-refractivity contribution is 5.69. The van der Waals surface area contributed by atoms with Gasteiger partial charge in [-0.15, -0.1) is 0 Å². The third-order valence-corrected chi connectivity index (χ3v) is 3.81. The van der Waals surface area contributed by atoms with Crippen LogP contribution in [0.3, 0.4) is 0 Å². The van der Waals surface area contributed by atoms with E-state index in [1.54, 1.807) is 37.8 Å². The molecule has 1 aliphatic rings. The van der Waals surface area contributed by atoms with Crippen molar-refractivity contribution < 1.29 is 31.5 Å². The average molecular weight is 371 g/mol. The van der Waals surface area contributed by atoms with Gasteiger partial charge in [-0.05, 0) is 52.9 Å². The molecule has 1 rings (SSSR count). The fourth-order valence-electron chi connectivity index (χ4n) is 2.54. The summed E-state index contributed by atoms with van der Waals surface area (Å²) in [4.78, 5) is 13.7. The summed E-state index contributed by atoms with van der Waals surface area (Å²) >= 11 is 0. The van der Waals surface area contributed by atoms with Crippen LogP contribution in [-0.2, 0) is 4.74 Å². The second-order valence-electron chi connectivity index (χ2n) is 7.26. The highest BCUT2D eigenvalue weighted by Crippen LogP contribution is 2.39. The number of nitrogens with zero attached hydrogens (tertiary/aromatic N) is 1. The normalized spacial score (nSPS) is 19.7. The number of unbranched alkanes of at least 4 members (excludes halogenated alkanes) is 2. The van der Waals surface area contributed by atoms with Crippen molar-refractivity contribution in [3.8, 4) is 0 Å². The van der Waals surface area contributed by atoms with E-state index in [4.69, 9.17) is 4.74 Å². The van der Waals surface area contributed by atoms with Gasteiger partial charge < -0.3 is 9.64 Å². The third kappa shape index (κ3) is 7.20. The number of carbonyl (C=O) groups is 1. The van der Waals surface area contributed by atoms with E-state index in [1.807, 2.05) is 0 Å². The van der Waals surface area contributed by atoms with E-state index >= 15 is 0 Å². The van der Waals surface area contributed by atoms with Crippen molar-refractivity contribution in [1.29, 1.82) is 0 Å². The zero-order valence-corrected chi connectivity index (χ0v) is 14.8. The van der Waals surface area contributed by atoms with Gasteiger partial charge in [0, 0.05) is 13.0 Å². The summed E-state index contributed by atoms with van der Waals surface area (Å²) in [6.07, 6.45) is -1.50. The predicted octanol–water partition coefficient (Wildman–Crippen LogP) is 5.70. The SMILES string of the molecule is CC(C)(C)OC(=O)N1CCC[C@H]1C=CCCCCC(F)(F)C(F)(F)F. The second kappa shape index (κ2) is 8.36. The predicted molar refractivity (Wildman–Crippen MR) is 84.6 cm³/mol. The Kier molecular flexibility index (Phi) is 7.26. The fraction of sp³-hybridized carbons (Fsp3) is 0.824. The first-order valence-electron chi connectivity index (χ1n) is 8.44. The lowest BCUT2D eigenvalue weighted by atomic mass is 10.1. The number of likely N-dealkylation sites (tertiary alicyclic amines) is 1. The molecule has 0 radical (unpaired) electrons. The minimum atomic E-state index is -5.49. The number of allylic oxidation sites excluding steroid dienone is 1. The summed E-state index contributed by atoms with van der Waals surface area (Å²) in [5, 5.41) is 0. The molecule has 8 heteroatoms. The van der Waals surface area contributed by atoms with Crippen molar-refractivity contribution in [2.75, 3.05) is 6.54 Å². The van der Waals surface area contributed by atoms with Crippen LogP contribution in [0.25, 0.3) is 0 Å². The molecule has 0 saturated carbocycles. The fourth-order valence-corrected chi connectivity index (χ4v) is 2.54. The second-order valence-corrected chi connectivity index (χ2v) is 7.26. The highest BCUT2D eigenvalue weighted by Gasteiger charge is 2.56. The Morgan fingerprint density at radius 1 is 1.16 bits per heavy atom. The molecule has 1 aliphatic heterocycles. The maximum atomic E-state index is 12.8. The van der Waals surface area contributed by atoms with Gasteiger partial charge in [0.1, 0.15) is 5.60 Å². The monoisotopic (exact) mass is 371 g/mol. The van der Waals surface area contributed by atoms with Crippen molar-refractivity contribution in [1.82, 2.24) is 4.90 Å². The lowest BCUT2D eigenvalue weighted by Crippen LogP contribution is -2.39. The van der Waals surface area contributed by atoms with Crippen LogP contribution >= 0.6 is 0 Å². The molecule has 1 heterocycles. The van der Waals surface area contributed by atoms with Crippen LogP contribution in [0.4, 0.5) is 26.7 Å². The number of ether oxygens (including phenoxy) is 1. The van der Waals surface area contributed by atoms with E-state index in [-0.39, 0.29) is 18.9 Å². The molecule has 1 amide bonds. The van der Waals surface area contributed by atoms with E-state index in [2.05, 4.69) is 0 Å². The lowest BCUT2D eigenvalue weighted by Gasteiger charge is -2.27. The number of carbonyl (C=O) groups excluding carboxylic acids is 1. The Balaban J connectivity index is 2.37. The number of amides is 1. The standard InChI is InChI=1S/C17H26F5NO2/c1-15(2,3)25-14(24)23-12-8-10-13(23)9-6-4-5-7-11-16(18,19)17(20,21)22/h6,9,13H,4-5,7-8,10-12H2,1-3H3/t13-/m1/s1. The summed E-state index contributed by atoms with van der Waals surface area (Å²) in [5.74, 6) is -4.63. The zero-order chi connectivity index (χ0) is 19.3. The summed E-state index contributed by atoms with van der Waals surface area (Å²) in [5.41, 5.74) is -0.586. The van der Waals surface area contributed by atoms with Crippen LogP contribution in [0.2, 0.25) is 0 Å². The van der Waals surface area contributed by atoms with Crippen LogP contribution < -0.4 is 0 Å². The van der Waals surface area contributed by atoms with Gasteiger partial charge in [-0.3, -0.25) is 0 Å². The van der Waals surface area contributed by atoms with E-state index < -0.39 is 30.2 Å². The Hall–Kier alpha value is -1.34. The summed E-state index contributed by atoms with van der Waals surface area (Å²) in [6.45, 7) is 5.93. The Bertz CT molecular complexity index is 469. The van der Waals surface area contributed by atoms with Gasteiger partial charge in [-0.25, -0.2) is 4.79 Å². The maximum absolute atomic E-state index is 12.8. The number of rotatable bonds is 6. The van der Waals surface area contributed by atoms with Crippen molar-refractivity contribution in [3.63, 3.8) is 0 Å². The molecule has 1 atom stereocenters. The number of alkyl halides is 5. The highest BCUT2D eigenvalue weighted by atomic mass is 19.4. The van der Waals surface area contributed by atoms with Crippen LogP contribution in [0.1, 0.15) is 59.3 Å². The molecule has 146 valence electrons. The molecular formula is C17H26F5NO2. The molecule has 0 N–H and O–H groups in total. The van der Waals surface area contributed by atoms with Crippen molar-refractivity contribution in [2.24, 2.45) is 0 Å². The van der Waals surface area contributed by atoms with E-state index in [0.29, 0.717) is 13.0 Å². The van der Waals surface area contributed by atoms with Crippen molar-refractivity contribution in [2.45, 2.75) is 83.0 Å². The molecule has 25 heavy (non-hydrogen) atoms. The van der Waals surface area contributed by atoms with Crippen LogP contribution in [0, 0.1) is 0 Å². The Morgan fingerprint density at radius 2 is 1.80 bits per heavy atom. The van der Waals surface area contributed by atoms with Crippen LogP contribution in [0.5, 0.6) is 0 Å². The van der Waals surface area contributed by atoms with Gasteiger partial charge in [-0.2, -0.15) is 22.0 Å². The lowest BCUT2D eigenvalue weighted by molar-refractivity contribution is -0.284. The van der Waals surface area contributed by atoms with Crippen molar-refractivity contribution in [3.05, 3.63) is 12.2 Å². The van der Waals surface area contributed by atoms with Gasteiger partial charge >= 0.3 is 18.2 Å². The van der Waals surface area contributed by atoms with Gasteiger partial charge in [0.25, 0.3) is 0 Å². The molecule has 1 saturated heterocycles. The number of hydrogen-bond acceptors (Lipinski definition) is 2. The third-order valence-electron chi connectivity index (χ3n) is 3.81. The Morgan fingerprint density at radius 3 is 2.36 bits per heavy atom. The summed E-state index contributed by atoms with van der Waals surface area (Å²) in [6, 6.07) is -0.119. The minimum absolute atomic E-state index is 0.119. The van der Waals surface area contributed by atoms with Crippen LogP contribution in [0.15, 0.2) is 12.2 Å². The van der Waals surface area contributed by atoms with Gasteiger partial charge in [-0.1, -0.05) is 12.2 Å². The van der Waals surface area contributed by atoms with Gasteiger partial charge in [0.15, 0.2) is 0 Å². The average Bonchev–Trinajstić information content (AvgIpc) is 2.87. The summed E-state index contributed by atoms with van der Waals surface area (Å²) in [7, 11) is 0.